The van der Waals surface area contributed by atoms with Crippen molar-refractivity contribution in [3.8, 4) is 0 Å². The summed E-state index contributed by atoms with van der Waals surface area (Å²) in [4.78, 5) is 36.5. The van der Waals surface area contributed by atoms with E-state index in [1.54, 1.807) is 24.3 Å². The number of ketones is 1. The Morgan fingerprint density at radius 3 is 2.53 bits per heavy atom. The highest BCUT2D eigenvalue weighted by Gasteiger charge is 2.39. The van der Waals surface area contributed by atoms with Crippen molar-refractivity contribution in [1.29, 1.82) is 0 Å². The Hall–Kier alpha value is -3.00. The van der Waals surface area contributed by atoms with Gasteiger partial charge in [0.2, 0.25) is 0 Å². The lowest BCUT2D eigenvalue weighted by Gasteiger charge is -2.36. The molecule has 2 aliphatic heterocycles. The number of aryl methyl sites for hydroxylation is 2. The molecule has 0 unspecified atom stereocenters. The molecule has 1 aromatic carbocycles. The van der Waals surface area contributed by atoms with Crippen LogP contribution in [0.25, 0.3) is 0 Å². The molecule has 1 aromatic heterocycles. The molecule has 2 aromatic rings. The van der Waals surface area contributed by atoms with Crippen molar-refractivity contribution in [2.45, 2.75) is 58.9 Å². The number of unbranched alkanes of at least 4 members (excludes halogenated alkanes) is 1. The number of hydrogen-bond acceptors (Lipinski definition) is 6. The van der Waals surface area contributed by atoms with E-state index in [4.69, 9.17) is 14.6 Å². The second-order valence-electron chi connectivity index (χ2n) is 9.29. The van der Waals surface area contributed by atoms with Crippen LogP contribution in [0.2, 0.25) is 0 Å². The van der Waals surface area contributed by atoms with E-state index in [-0.39, 0.29) is 17.1 Å². The molecule has 34 heavy (non-hydrogen) atoms. The number of rotatable bonds is 8. The number of nitrogens with one attached hydrogen (secondary N) is 1. The predicted octanol–water partition coefficient (Wildman–Crippen LogP) is 3.37. The van der Waals surface area contributed by atoms with Gasteiger partial charge < -0.3 is 14.8 Å². The minimum atomic E-state index is -0.391. The highest BCUT2D eigenvalue weighted by atomic mass is 16.5. The second-order valence-corrected chi connectivity index (χ2v) is 9.29. The highest BCUT2D eigenvalue weighted by Crippen LogP contribution is 2.37. The maximum Gasteiger partial charge on any atom is 0.338 e. The first kappa shape index (κ1) is 24.1. The normalized spacial score (nSPS) is 17.1. The highest BCUT2D eigenvalue weighted by molar-refractivity contribution is 5.96. The van der Waals surface area contributed by atoms with Crippen LogP contribution in [0.15, 0.2) is 24.3 Å². The van der Waals surface area contributed by atoms with Crippen molar-refractivity contribution < 1.29 is 23.9 Å². The van der Waals surface area contributed by atoms with E-state index >= 15 is 0 Å². The average Bonchev–Trinajstić information content (AvgIpc) is 3.12. The number of nitrogens with zero attached hydrogens (tertiary/aromatic N) is 2. The van der Waals surface area contributed by atoms with Crippen LogP contribution in [0, 0.1) is 5.41 Å². The summed E-state index contributed by atoms with van der Waals surface area (Å²) in [5.74, 6) is -0.468. The summed E-state index contributed by atoms with van der Waals surface area (Å²) in [6.45, 7) is 6.58. The number of esters is 1. The van der Waals surface area contributed by atoms with E-state index in [0.29, 0.717) is 42.9 Å². The van der Waals surface area contributed by atoms with Crippen LogP contribution in [0.1, 0.15) is 82.0 Å². The van der Waals surface area contributed by atoms with Crippen molar-refractivity contribution in [2.75, 3.05) is 26.4 Å². The van der Waals surface area contributed by atoms with Crippen LogP contribution in [-0.4, -0.2) is 53.8 Å². The van der Waals surface area contributed by atoms with Gasteiger partial charge in [0.25, 0.3) is 5.91 Å². The topological polar surface area (TPSA) is 99.5 Å². The van der Waals surface area contributed by atoms with Crippen molar-refractivity contribution >= 4 is 17.7 Å². The minimum Gasteiger partial charge on any atom is -0.462 e. The SMILES string of the molecule is CCn1nc(CCCCOC(=O)c2ccc(C(C)=O)cc2)c2c1C(=O)NCC1(CCOCC1)C2. The first-order valence-electron chi connectivity index (χ1n) is 12.1. The summed E-state index contributed by atoms with van der Waals surface area (Å²) >= 11 is 0. The Morgan fingerprint density at radius 2 is 1.85 bits per heavy atom. The molecule has 0 bridgehead atoms. The van der Waals surface area contributed by atoms with E-state index < -0.39 is 5.97 Å². The fraction of sp³-hybridized carbons (Fsp3) is 0.538. The zero-order chi connectivity index (χ0) is 24.1. The first-order chi connectivity index (χ1) is 16.4. The maximum atomic E-state index is 12.9. The largest absolute Gasteiger partial charge is 0.462 e. The second kappa shape index (κ2) is 10.5. The van der Waals surface area contributed by atoms with Crippen molar-refractivity contribution in [1.82, 2.24) is 15.1 Å². The average molecular weight is 468 g/mol. The predicted molar refractivity (Wildman–Crippen MR) is 126 cm³/mol. The summed E-state index contributed by atoms with van der Waals surface area (Å²) in [6, 6.07) is 6.50. The Labute approximate surface area is 200 Å². The van der Waals surface area contributed by atoms with Crippen LogP contribution in [0.4, 0.5) is 0 Å². The molecule has 0 radical (unpaired) electrons. The molecule has 0 saturated carbocycles. The molecular weight excluding hydrogens is 434 g/mol. The number of amides is 1. The van der Waals surface area contributed by atoms with E-state index in [2.05, 4.69) is 5.32 Å². The number of Topliss-reactive ketones (excluding diaryl/α,β-unsaturated/α-hetero) is 1. The molecule has 0 atom stereocenters. The number of fused-ring (bicyclic) bond motifs is 1. The third kappa shape index (κ3) is 5.22. The fourth-order valence-electron chi connectivity index (χ4n) is 4.85. The lowest BCUT2D eigenvalue weighted by molar-refractivity contribution is 0.0160. The summed E-state index contributed by atoms with van der Waals surface area (Å²) in [7, 11) is 0. The molecule has 1 saturated heterocycles. The van der Waals surface area contributed by atoms with Gasteiger partial charge in [0.1, 0.15) is 5.69 Å². The number of ether oxygens (including phenoxy) is 2. The van der Waals surface area contributed by atoms with Crippen LogP contribution in [0.5, 0.6) is 0 Å². The molecule has 3 heterocycles. The third-order valence-electron chi connectivity index (χ3n) is 6.95. The molecule has 4 rings (SSSR count). The van der Waals surface area contributed by atoms with E-state index in [9.17, 15) is 14.4 Å². The molecule has 0 aliphatic carbocycles. The Bertz CT molecular complexity index is 1050. The van der Waals surface area contributed by atoms with Crippen LogP contribution in [-0.2, 0) is 28.9 Å². The lowest BCUT2D eigenvalue weighted by atomic mass is 9.75. The van der Waals surface area contributed by atoms with Crippen molar-refractivity contribution in [3.63, 3.8) is 0 Å². The van der Waals surface area contributed by atoms with Crippen molar-refractivity contribution in [3.05, 3.63) is 52.3 Å². The number of aromatic nitrogens is 2. The van der Waals surface area contributed by atoms with Gasteiger partial charge in [0.05, 0.1) is 17.9 Å². The number of carbonyl (C=O) groups is 3. The Kier molecular flexibility index (Phi) is 7.46. The smallest absolute Gasteiger partial charge is 0.338 e. The van der Waals surface area contributed by atoms with Gasteiger partial charge in [-0.05, 0) is 69.9 Å². The molecule has 8 nitrogen and oxygen atoms in total. The minimum absolute atomic E-state index is 0.0307. The molecule has 182 valence electrons. The fourth-order valence-corrected chi connectivity index (χ4v) is 4.85. The summed E-state index contributed by atoms with van der Waals surface area (Å²) in [6.07, 6.45) is 4.96. The monoisotopic (exact) mass is 467 g/mol. The van der Waals surface area contributed by atoms with Gasteiger partial charge in [0.15, 0.2) is 5.78 Å². The molecule has 1 N–H and O–H groups in total. The van der Waals surface area contributed by atoms with Gasteiger partial charge in [-0.3, -0.25) is 14.3 Å². The van der Waals surface area contributed by atoms with Gasteiger partial charge in [-0.2, -0.15) is 5.10 Å². The number of benzene rings is 1. The Morgan fingerprint density at radius 1 is 1.15 bits per heavy atom. The lowest BCUT2D eigenvalue weighted by Crippen LogP contribution is -2.40. The van der Waals surface area contributed by atoms with Crippen LogP contribution < -0.4 is 5.32 Å². The van der Waals surface area contributed by atoms with Crippen molar-refractivity contribution in [2.24, 2.45) is 5.41 Å². The molecule has 1 amide bonds. The molecular formula is C26H33N3O5. The summed E-state index contributed by atoms with van der Waals surface area (Å²) in [5, 5.41) is 7.90. The maximum absolute atomic E-state index is 12.9. The number of hydrogen-bond donors (Lipinski definition) is 1. The third-order valence-corrected chi connectivity index (χ3v) is 6.95. The molecule has 1 spiro atoms. The van der Waals surface area contributed by atoms with Gasteiger partial charge >= 0.3 is 5.97 Å². The van der Waals surface area contributed by atoms with Gasteiger partial charge in [0, 0.05) is 37.4 Å². The standard InChI is InChI=1S/C26H33N3O5/c1-3-29-23-21(16-26(17-27-24(23)31)11-14-33-15-12-26)22(28-29)6-4-5-13-34-25(32)20-9-7-19(8-10-20)18(2)30/h7-10H,3-6,11-17H2,1-2H3,(H,27,31). The zero-order valence-electron chi connectivity index (χ0n) is 20.0. The molecule has 8 heteroatoms. The van der Waals surface area contributed by atoms with Gasteiger partial charge in [-0.15, -0.1) is 0 Å². The van der Waals surface area contributed by atoms with Crippen LogP contribution in [0.3, 0.4) is 0 Å². The van der Waals surface area contributed by atoms with Gasteiger partial charge in [-0.25, -0.2) is 4.79 Å². The first-order valence-corrected chi connectivity index (χ1v) is 12.1. The summed E-state index contributed by atoms with van der Waals surface area (Å²) < 4.78 is 12.8. The molecule has 2 aliphatic rings. The zero-order valence-corrected chi connectivity index (χ0v) is 20.0. The number of carbonyl (C=O) groups excluding carboxylic acids is 3. The van der Waals surface area contributed by atoms with Crippen LogP contribution >= 0.6 is 0 Å². The van der Waals surface area contributed by atoms with E-state index in [0.717, 1.165) is 56.6 Å². The summed E-state index contributed by atoms with van der Waals surface area (Å²) in [5.41, 5.74) is 3.78. The van der Waals surface area contributed by atoms with E-state index in [1.807, 2.05) is 11.6 Å². The van der Waals surface area contributed by atoms with Gasteiger partial charge in [-0.1, -0.05) is 12.1 Å². The van der Waals surface area contributed by atoms with E-state index in [1.165, 1.54) is 6.92 Å². The quantitative estimate of drug-likeness (QED) is 0.363. The molecule has 1 fully saturated rings. The Balaban J connectivity index is 1.36.